The number of halogens is 1. The molecule has 21 heavy (non-hydrogen) atoms. The van der Waals surface area contributed by atoms with Gasteiger partial charge < -0.3 is 5.32 Å². The number of aryl methyl sites for hydroxylation is 1. The highest BCUT2D eigenvalue weighted by atomic mass is 19.1. The summed E-state index contributed by atoms with van der Waals surface area (Å²) >= 11 is 0. The molecule has 0 saturated carbocycles. The summed E-state index contributed by atoms with van der Waals surface area (Å²) in [5.74, 6) is -0.210. The maximum Gasteiger partial charge on any atom is 0.125 e. The first-order chi connectivity index (χ1) is 9.77. The van der Waals surface area contributed by atoms with Gasteiger partial charge in [-0.2, -0.15) is 0 Å². The van der Waals surface area contributed by atoms with Crippen molar-refractivity contribution in [2.24, 2.45) is 0 Å². The Bertz CT molecular complexity index is 608. The van der Waals surface area contributed by atoms with Crippen molar-refractivity contribution in [3.05, 3.63) is 65.0 Å². The smallest absolute Gasteiger partial charge is 0.125 e. The summed E-state index contributed by atoms with van der Waals surface area (Å²) < 4.78 is 13.3. The highest BCUT2D eigenvalue weighted by molar-refractivity contribution is 5.52. The standard InChI is InChI=1S/C19H24FN/c1-13-6-11-17(20)12-18(13)21-14(2)15-7-9-16(10-8-15)19(3,4)5/h6-12,14,21H,1-5H3. The fourth-order valence-corrected chi connectivity index (χ4v) is 2.34. The number of hydrogen-bond acceptors (Lipinski definition) is 1. The molecular weight excluding hydrogens is 261 g/mol. The fourth-order valence-electron chi connectivity index (χ4n) is 2.34. The molecule has 0 heterocycles. The molecule has 0 aromatic heterocycles. The minimum atomic E-state index is -0.210. The van der Waals surface area contributed by atoms with E-state index in [1.165, 1.54) is 17.2 Å². The summed E-state index contributed by atoms with van der Waals surface area (Å²) in [5.41, 5.74) is 4.58. The molecule has 1 N–H and O–H groups in total. The van der Waals surface area contributed by atoms with E-state index < -0.39 is 0 Å². The minimum Gasteiger partial charge on any atom is -0.378 e. The van der Waals surface area contributed by atoms with Gasteiger partial charge >= 0.3 is 0 Å². The van der Waals surface area contributed by atoms with E-state index in [0.717, 1.165) is 11.3 Å². The SMILES string of the molecule is Cc1ccc(F)cc1NC(C)c1ccc(C(C)(C)C)cc1. The van der Waals surface area contributed by atoms with Gasteiger partial charge in [0.2, 0.25) is 0 Å². The average molecular weight is 285 g/mol. The molecule has 0 fully saturated rings. The van der Waals surface area contributed by atoms with E-state index in [-0.39, 0.29) is 17.3 Å². The van der Waals surface area contributed by atoms with Crippen molar-refractivity contribution < 1.29 is 4.39 Å². The number of nitrogens with one attached hydrogen (secondary N) is 1. The Hall–Kier alpha value is -1.83. The Labute approximate surface area is 127 Å². The summed E-state index contributed by atoms with van der Waals surface area (Å²) in [5, 5.41) is 3.39. The van der Waals surface area contributed by atoms with E-state index in [1.54, 1.807) is 12.1 Å². The van der Waals surface area contributed by atoms with Crippen molar-refractivity contribution in [1.82, 2.24) is 0 Å². The van der Waals surface area contributed by atoms with Crippen LogP contribution in [-0.2, 0) is 5.41 Å². The zero-order valence-electron chi connectivity index (χ0n) is 13.5. The van der Waals surface area contributed by atoms with Gasteiger partial charge in [-0.05, 0) is 48.1 Å². The first-order valence-corrected chi connectivity index (χ1v) is 7.40. The molecular formula is C19H24FN. The van der Waals surface area contributed by atoms with Gasteiger partial charge in [-0.25, -0.2) is 4.39 Å². The van der Waals surface area contributed by atoms with E-state index in [9.17, 15) is 4.39 Å². The average Bonchev–Trinajstić information content (AvgIpc) is 2.42. The Balaban J connectivity index is 2.17. The minimum absolute atomic E-state index is 0.138. The normalized spacial score (nSPS) is 13.0. The third kappa shape index (κ3) is 3.84. The maximum atomic E-state index is 13.3. The van der Waals surface area contributed by atoms with Crippen LogP contribution in [0.3, 0.4) is 0 Å². The lowest BCUT2D eigenvalue weighted by Crippen LogP contribution is -2.12. The van der Waals surface area contributed by atoms with E-state index in [2.05, 4.69) is 57.3 Å². The van der Waals surface area contributed by atoms with Crippen molar-refractivity contribution in [1.29, 1.82) is 0 Å². The van der Waals surface area contributed by atoms with Crippen molar-refractivity contribution in [2.75, 3.05) is 5.32 Å². The van der Waals surface area contributed by atoms with Gasteiger partial charge in [0.15, 0.2) is 0 Å². The number of benzene rings is 2. The van der Waals surface area contributed by atoms with Gasteiger partial charge in [0.05, 0.1) is 0 Å². The largest absolute Gasteiger partial charge is 0.378 e. The Morgan fingerprint density at radius 1 is 1.00 bits per heavy atom. The quantitative estimate of drug-likeness (QED) is 0.773. The van der Waals surface area contributed by atoms with Gasteiger partial charge in [-0.3, -0.25) is 0 Å². The van der Waals surface area contributed by atoms with Crippen molar-refractivity contribution in [3.8, 4) is 0 Å². The van der Waals surface area contributed by atoms with Crippen molar-refractivity contribution in [2.45, 2.75) is 46.1 Å². The van der Waals surface area contributed by atoms with E-state index >= 15 is 0 Å². The second-order valence-corrected chi connectivity index (χ2v) is 6.70. The third-order valence-electron chi connectivity index (χ3n) is 3.85. The summed E-state index contributed by atoms with van der Waals surface area (Å²) in [6, 6.07) is 13.6. The monoisotopic (exact) mass is 285 g/mol. The predicted octanol–water partition coefficient (Wildman–Crippen LogP) is 5.60. The van der Waals surface area contributed by atoms with Gasteiger partial charge in [0.1, 0.15) is 5.82 Å². The molecule has 1 unspecified atom stereocenters. The Morgan fingerprint density at radius 3 is 2.19 bits per heavy atom. The predicted molar refractivity (Wildman–Crippen MR) is 88.3 cm³/mol. The maximum absolute atomic E-state index is 13.3. The molecule has 0 aliphatic rings. The molecule has 2 aromatic rings. The molecule has 0 radical (unpaired) electrons. The van der Waals surface area contributed by atoms with Crippen LogP contribution in [0.1, 0.15) is 50.4 Å². The highest BCUT2D eigenvalue weighted by Crippen LogP contribution is 2.26. The van der Waals surface area contributed by atoms with Crippen molar-refractivity contribution in [3.63, 3.8) is 0 Å². The summed E-state index contributed by atoms with van der Waals surface area (Å²) in [7, 11) is 0. The molecule has 0 bridgehead atoms. The lowest BCUT2D eigenvalue weighted by molar-refractivity contribution is 0.589. The second kappa shape index (κ2) is 5.88. The molecule has 112 valence electrons. The lowest BCUT2D eigenvalue weighted by Gasteiger charge is -2.21. The molecule has 2 aromatic carbocycles. The van der Waals surface area contributed by atoms with Gasteiger partial charge in [0, 0.05) is 11.7 Å². The summed E-state index contributed by atoms with van der Waals surface area (Å²) in [6.07, 6.45) is 0. The van der Waals surface area contributed by atoms with Gasteiger partial charge in [-0.1, -0.05) is 51.1 Å². The number of anilines is 1. The Morgan fingerprint density at radius 2 is 1.62 bits per heavy atom. The number of rotatable bonds is 3. The molecule has 0 amide bonds. The number of hydrogen-bond donors (Lipinski definition) is 1. The van der Waals surface area contributed by atoms with Gasteiger partial charge in [-0.15, -0.1) is 0 Å². The van der Waals surface area contributed by atoms with Crippen LogP contribution >= 0.6 is 0 Å². The first-order valence-electron chi connectivity index (χ1n) is 7.40. The van der Waals surface area contributed by atoms with Crippen LogP contribution < -0.4 is 5.32 Å². The van der Waals surface area contributed by atoms with Crippen LogP contribution in [0.5, 0.6) is 0 Å². The first kappa shape index (κ1) is 15.6. The van der Waals surface area contributed by atoms with E-state index in [4.69, 9.17) is 0 Å². The summed E-state index contributed by atoms with van der Waals surface area (Å²) in [6.45, 7) is 10.7. The van der Waals surface area contributed by atoms with Crippen LogP contribution in [0.15, 0.2) is 42.5 Å². The van der Waals surface area contributed by atoms with E-state index in [1.807, 2.05) is 6.92 Å². The molecule has 1 nitrogen and oxygen atoms in total. The van der Waals surface area contributed by atoms with Gasteiger partial charge in [0.25, 0.3) is 0 Å². The lowest BCUT2D eigenvalue weighted by atomic mass is 9.86. The molecule has 0 spiro atoms. The van der Waals surface area contributed by atoms with Crippen molar-refractivity contribution >= 4 is 5.69 Å². The fraction of sp³-hybridized carbons (Fsp3) is 0.368. The second-order valence-electron chi connectivity index (χ2n) is 6.70. The highest BCUT2D eigenvalue weighted by Gasteiger charge is 2.14. The van der Waals surface area contributed by atoms with Crippen LogP contribution in [-0.4, -0.2) is 0 Å². The van der Waals surface area contributed by atoms with Crippen LogP contribution in [0.2, 0.25) is 0 Å². The topological polar surface area (TPSA) is 12.0 Å². The van der Waals surface area contributed by atoms with Crippen LogP contribution in [0.25, 0.3) is 0 Å². The molecule has 2 rings (SSSR count). The zero-order chi connectivity index (χ0) is 15.6. The van der Waals surface area contributed by atoms with E-state index in [0.29, 0.717) is 0 Å². The zero-order valence-corrected chi connectivity index (χ0v) is 13.5. The summed E-state index contributed by atoms with van der Waals surface area (Å²) in [4.78, 5) is 0. The van der Waals surface area contributed by atoms with Crippen LogP contribution in [0.4, 0.5) is 10.1 Å². The Kier molecular flexibility index (Phi) is 4.36. The molecule has 1 atom stereocenters. The van der Waals surface area contributed by atoms with Crippen LogP contribution in [0, 0.1) is 12.7 Å². The molecule has 2 heteroatoms. The third-order valence-corrected chi connectivity index (χ3v) is 3.85. The molecule has 0 aliphatic heterocycles. The molecule has 0 saturated heterocycles. The molecule has 0 aliphatic carbocycles.